The van der Waals surface area contributed by atoms with Crippen molar-refractivity contribution in [1.82, 2.24) is 4.90 Å². The summed E-state index contributed by atoms with van der Waals surface area (Å²) in [7, 11) is 1.63. The van der Waals surface area contributed by atoms with E-state index >= 15 is 0 Å². The van der Waals surface area contributed by atoms with Crippen LogP contribution in [-0.4, -0.2) is 30.4 Å². The zero-order chi connectivity index (χ0) is 21.7. The molecular formula is C25H32N2O3. The lowest BCUT2D eigenvalue weighted by Gasteiger charge is -2.41. The Bertz CT molecular complexity index is 909. The van der Waals surface area contributed by atoms with Crippen LogP contribution in [0.2, 0.25) is 0 Å². The molecule has 3 rings (SSSR count). The summed E-state index contributed by atoms with van der Waals surface area (Å²) < 4.78 is 5.60. The first kappa shape index (κ1) is 21.9. The molecule has 2 aromatic rings. The highest BCUT2D eigenvalue weighted by atomic mass is 16.5. The van der Waals surface area contributed by atoms with E-state index in [2.05, 4.69) is 18.3 Å². The summed E-state index contributed by atoms with van der Waals surface area (Å²) in [6.07, 6.45) is 2.81. The van der Waals surface area contributed by atoms with Gasteiger partial charge in [-0.05, 0) is 44.4 Å². The Morgan fingerprint density at radius 2 is 1.97 bits per heavy atom. The predicted octanol–water partition coefficient (Wildman–Crippen LogP) is 5.03. The quantitative estimate of drug-likeness (QED) is 0.699. The molecule has 0 aromatic heterocycles. The summed E-state index contributed by atoms with van der Waals surface area (Å²) in [5.41, 5.74) is 3.91. The molecule has 0 radical (unpaired) electrons. The molecule has 160 valence electrons. The molecule has 2 amide bonds. The van der Waals surface area contributed by atoms with Gasteiger partial charge in [-0.1, -0.05) is 49.2 Å². The molecular weight excluding hydrogens is 376 g/mol. The molecule has 1 N–H and O–H groups in total. The van der Waals surface area contributed by atoms with Gasteiger partial charge in [0, 0.05) is 24.2 Å². The smallest absolute Gasteiger partial charge is 0.229 e. The van der Waals surface area contributed by atoms with Crippen molar-refractivity contribution < 1.29 is 14.3 Å². The van der Waals surface area contributed by atoms with E-state index in [4.69, 9.17) is 4.74 Å². The topological polar surface area (TPSA) is 58.6 Å². The molecule has 5 heteroatoms. The van der Waals surface area contributed by atoms with E-state index in [-0.39, 0.29) is 23.8 Å². The number of piperidine rings is 1. The first-order valence-electron chi connectivity index (χ1n) is 10.8. The van der Waals surface area contributed by atoms with Crippen molar-refractivity contribution in [2.24, 2.45) is 5.92 Å². The number of para-hydroxylation sites is 1. The number of carbonyl (C=O) groups is 2. The third-order valence-corrected chi connectivity index (χ3v) is 5.89. The largest absolute Gasteiger partial charge is 0.496 e. The highest BCUT2D eigenvalue weighted by molar-refractivity contribution is 5.95. The summed E-state index contributed by atoms with van der Waals surface area (Å²) in [4.78, 5) is 28.2. The van der Waals surface area contributed by atoms with Crippen LogP contribution < -0.4 is 10.1 Å². The van der Waals surface area contributed by atoms with E-state index in [0.717, 1.165) is 35.2 Å². The average molecular weight is 409 g/mol. The fraction of sp³-hybridized carbons (Fsp3) is 0.440. The van der Waals surface area contributed by atoms with Crippen molar-refractivity contribution in [1.29, 1.82) is 0 Å². The van der Waals surface area contributed by atoms with Crippen LogP contribution in [0.25, 0.3) is 0 Å². The Balaban J connectivity index is 1.97. The van der Waals surface area contributed by atoms with Gasteiger partial charge in [-0.2, -0.15) is 0 Å². The van der Waals surface area contributed by atoms with E-state index in [1.54, 1.807) is 7.11 Å². The number of aryl methyl sites for hydroxylation is 2. The van der Waals surface area contributed by atoms with Crippen LogP contribution in [0, 0.1) is 19.8 Å². The summed E-state index contributed by atoms with van der Waals surface area (Å²) in [5, 5.41) is 3.12. The minimum Gasteiger partial charge on any atom is -0.496 e. The normalized spacial score (nSPS) is 18.9. The van der Waals surface area contributed by atoms with Gasteiger partial charge < -0.3 is 15.0 Å². The minimum atomic E-state index is -0.337. The number of hydrogen-bond acceptors (Lipinski definition) is 3. The Labute approximate surface area is 179 Å². The van der Waals surface area contributed by atoms with Crippen LogP contribution in [0.5, 0.6) is 5.75 Å². The van der Waals surface area contributed by atoms with Crippen molar-refractivity contribution in [2.75, 3.05) is 19.0 Å². The lowest BCUT2D eigenvalue weighted by Crippen LogP contribution is -2.47. The van der Waals surface area contributed by atoms with Crippen molar-refractivity contribution in [2.45, 2.75) is 52.5 Å². The molecule has 5 nitrogen and oxygen atoms in total. The number of carbonyl (C=O) groups excluding carboxylic acids is 2. The highest BCUT2D eigenvalue weighted by Crippen LogP contribution is 2.41. The van der Waals surface area contributed by atoms with Crippen molar-refractivity contribution in [3.63, 3.8) is 0 Å². The van der Waals surface area contributed by atoms with Crippen molar-refractivity contribution in [3.05, 3.63) is 59.2 Å². The Morgan fingerprint density at radius 1 is 1.20 bits per heavy atom. The molecule has 1 aliphatic heterocycles. The number of rotatable bonds is 7. The van der Waals surface area contributed by atoms with Gasteiger partial charge in [0.25, 0.3) is 0 Å². The molecule has 0 unspecified atom stereocenters. The summed E-state index contributed by atoms with van der Waals surface area (Å²) in [6.45, 7) is 6.79. The Hall–Kier alpha value is -2.82. The molecule has 1 heterocycles. The molecule has 2 atom stereocenters. The first-order chi connectivity index (χ1) is 14.5. The van der Waals surface area contributed by atoms with Gasteiger partial charge in [-0.15, -0.1) is 0 Å². The number of nitrogens with one attached hydrogen (secondary N) is 1. The van der Waals surface area contributed by atoms with Gasteiger partial charge in [0.1, 0.15) is 5.75 Å². The number of methoxy groups -OCH3 is 1. The zero-order valence-corrected chi connectivity index (χ0v) is 18.4. The molecule has 0 bridgehead atoms. The van der Waals surface area contributed by atoms with Crippen LogP contribution in [0.1, 0.15) is 55.3 Å². The third-order valence-electron chi connectivity index (χ3n) is 5.89. The van der Waals surface area contributed by atoms with Crippen LogP contribution in [0.15, 0.2) is 42.5 Å². The number of anilines is 1. The van der Waals surface area contributed by atoms with E-state index < -0.39 is 0 Å². The number of unbranched alkanes of at least 4 members (excludes halogenated alkanes) is 1. The van der Waals surface area contributed by atoms with Crippen LogP contribution >= 0.6 is 0 Å². The molecule has 30 heavy (non-hydrogen) atoms. The maximum atomic E-state index is 13.4. The van der Waals surface area contributed by atoms with Gasteiger partial charge in [-0.25, -0.2) is 0 Å². The van der Waals surface area contributed by atoms with Gasteiger partial charge in [0.15, 0.2) is 0 Å². The Kier molecular flexibility index (Phi) is 7.14. The van der Waals surface area contributed by atoms with E-state index in [1.807, 2.05) is 55.1 Å². The second-order valence-corrected chi connectivity index (χ2v) is 8.08. The predicted molar refractivity (Wildman–Crippen MR) is 120 cm³/mol. The van der Waals surface area contributed by atoms with Crippen molar-refractivity contribution in [3.8, 4) is 5.75 Å². The van der Waals surface area contributed by atoms with Gasteiger partial charge in [0.2, 0.25) is 11.8 Å². The standard InChI is InChI=1S/C25H32N2O3/c1-5-6-15-27-23(28)14-12-20(24(27)19-9-7-8-10-22(19)30-4)25(29)26-21-13-11-17(2)16-18(21)3/h7-11,13,16,20,24H,5-6,12,14-15H2,1-4H3,(H,26,29)/t20-,24-/m0/s1. The Morgan fingerprint density at radius 3 is 2.67 bits per heavy atom. The molecule has 2 aromatic carbocycles. The monoisotopic (exact) mass is 408 g/mol. The van der Waals surface area contributed by atoms with E-state index in [0.29, 0.717) is 25.1 Å². The fourth-order valence-corrected chi connectivity index (χ4v) is 4.29. The summed E-state index contributed by atoms with van der Waals surface area (Å²) >= 11 is 0. The van der Waals surface area contributed by atoms with Gasteiger partial charge >= 0.3 is 0 Å². The third kappa shape index (κ3) is 4.66. The number of nitrogens with zero attached hydrogens (tertiary/aromatic N) is 1. The number of ether oxygens (including phenoxy) is 1. The second-order valence-electron chi connectivity index (χ2n) is 8.08. The van der Waals surface area contributed by atoms with E-state index in [9.17, 15) is 9.59 Å². The number of hydrogen-bond donors (Lipinski definition) is 1. The number of benzene rings is 2. The van der Waals surface area contributed by atoms with E-state index in [1.165, 1.54) is 0 Å². The average Bonchev–Trinajstić information content (AvgIpc) is 2.74. The lowest BCUT2D eigenvalue weighted by atomic mass is 9.83. The lowest BCUT2D eigenvalue weighted by molar-refractivity contribution is -0.142. The molecule has 0 aliphatic carbocycles. The zero-order valence-electron chi connectivity index (χ0n) is 18.4. The summed E-state index contributed by atoms with van der Waals surface area (Å²) in [5.74, 6) is 0.432. The summed E-state index contributed by atoms with van der Waals surface area (Å²) in [6, 6.07) is 13.4. The molecule has 1 aliphatic rings. The molecule has 0 spiro atoms. The minimum absolute atomic E-state index is 0.0492. The van der Waals surface area contributed by atoms with Crippen molar-refractivity contribution >= 4 is 17.5 Å². The first-order valence-corrected chi connectivity index (χ1v) is 10.8. The van der Waals surface area contributed by atoms with Crippen LogP contribution in [-0.2, 0) is 9.59 Å². The maximum absolute atomic E-state index is 13.4. The fourth-order valence-electron chi connectivity index (χ4n) is 4.29. The number of amides is 2. The highest BCUT2D eigenvalue weighted by Gasteiger charge is 2.41. The molecule has 0 saturated carbocycles. The van der Waals surface area contributed by atoms with Gasteiger partial charge in [0.05, 0.1) is 19.1 Å². The molecule has 1 saturated heterocycles. The number of likely N-dealkylation sites (tertiary alicyclic amines) is 1. The van der Waals surface area contributed by atoms with Gasteiger partial charge in [-0.3, -0.25) is 9.59 Å². The second kappa shape index (κ2) is 9.79. The maximum Gasteiger partial charge on any atom is 0.229 e. The SMILES string of the molecule is CCCCN1C(=O)CC[C@H](C(=O)Nc2ccc(C)cc2C)[C@@H]1c1ccccc1OC. The van der Waals surface area contributed by atoms with Crippen LogP contribution in [0.3, 0.4) is 0 Å². The van der Waals surface area contributed by atoms with Crippen LogP contribution in [0.4, 0.5) is 5.69 Å². The molecule has 1 fully saturated rings.